The number of nitrogens with one attached hydrogen (secondary N) is 1. The molecule has 0 aliphatic carbocycles. The van der Waals surface area contributed by atoms with Gasteiger partial charge < -0.3 is 10.4 Å². The van der Waals surface area contributed by atoms with Crippen molar-refractivity contribution in [3.05, 3.63) is 52.4 Å². The summed E-state index contributed by atoms with van der Waals surface area (Å²) in [6, 6.07) is 9.11. The molecule has 2 aromatic rings. The van der Waals surface area contributed by atoms with Gasteiger partial charge in [-0.25, -0.2) is 4.79 Å². The number of aromatic carboxylic acids is 1. The van der Waals surface area contributed by atoms with Crippen LogP contribution in [0, 0.1) is 6.92 Å². The summed E-state index contributed by atoms with van der Waals surface area (Å²) in [7, 11) is 0. The van der Waals surface area contributed by atoms with Crippen molar-refractivity contribution in [1.82, 2.24) is 0 Å². The fraction of sp³-hybridized carbons (Fsp3) is 0.143. The summed E-state index contributed by atoms with van der Waals surface area (Å²) in [5.41, 5.74) is 2.11. The molecule has 2 N–H and O–H groups in total. The van der Waals surface area contributed by atoms with Crippen LogP contribution in [0.1, 0.15) is 21.5 Å². The Hall–Kier alpha value is -2.14. The van der Waals surface area contributed by atoms with Gasteiger partial charge in [-0.05, 0) is 29.5 Å². The van der Waals surface area contributed by atoms with Crippen LogP contribution in [0.4, 0.5) is 5.00 Å². The number of amides is 1. The van der Waals surface area contributed by atoms with Crippen molar-refractivity contribution in [2.45, 2.75) is 13.3 Å². The molecule has 0 bridgehead atoms. The van der Waals surface area contributed by atoms with E-state index in [9.17, 15) is 9.59 Å². The molecule has 0 spiro atoms. The second-order valence-electron chi connectivity index (χ2n) is 4.12. The molecule has 0 saturated carbocycles. The first-order valence-electron chi connectivity index (χ1n) is 5.73. The van der Waals surface area contributed by atoms with Crippen LogP contribution in [0.3, 0.4) is 0 Å². The molecule has 0 aliphatic heterocycles. The lowest BCUT2D eigenvalue weighted by atomic mass is 10.1. The molecule has 0 aliphatic rings. The predicted molar refractivity (Wildman–Crippen MR) is 74.8 cm³/mol. The first-order valence-corrected chi connectivity index (χ1v) is 6.61. The minimum Gasteiger partial charge on any atom is -0.478 e. The summed E-state index contributed by atoms with van der Waals surface area (Å²) in [6.45, 7) is 1.94. The summed E-state index contributed by atoms with van der Waals surface area (Å²) in [4.78, 5) is 22.8. The van der Waals surface area contributed by atoms with Crippen LogP contribution in [0.2, 0.25) is 0 Å². The molecule has 0 radical (unpaired) electrons. The zero-order chi connectivity index (χ0) is 13.8. The highest BCUT2D eigenvalue weighted by molar-refractivity contribution is 7.14. The van der Waals surface area contributed by atoms with Crippen LogP contribution in [0.15, 0.2) is 35.7 Å². The molecule has 1 amide bonds. The lowest BCUT2D eigenvalue weighted by molar-refractivity contribution is -0.115. The summed E-state index contributed by atoms with van der Waals surface area (Å²) >= 11 is 1.21. The third kappa shape index (κ3) is 3.20. The molecule has 0 saturated heterocycles. The predicted octanol–water partition coefficient (Wildman–Crippen LogP) is 2.94. The van der Waals surface area contributed by atoms with Crippen molar-refractivity contribution < 1.29 is 14.7 Å². The van der Waals surface area contributed by atoms with Crippen LogP contribution >= 0.6 is 11.3 Å². The summed E-state index contributed by atoms with van der Waals surface area (Å²) < 4.78 is 0. The van der Waals surface area contributed by atoms with Crippen LogP contribution in [0.25, 0.3) is 0 Å². The molecule has 1 aromatic carbocycles. The number of anilines is 1. The van der Waals surface area contributed by atoms with Gasteiger partial charge in [0.1, 0.15) is 5.00 Å². The van der Waals surface area contributed by atoms with Gasteiger partial charge in [0, 0.05) is 0 Å². The molecular weight excluding hydrogens is 262 g/mol. The molecule has 0 unspecified atom stereocenters. The Morgan fingerprint density at radius 2 is 2.00 bits per heavy atom. The Morgan fingerprint density at radius 1 is 1.26 bits per heavy atom. The molecule has 1 heterocycles. The van der Waals surface area contributed by atoms with Gasteiger partial charge in [0.05, 0.1) is 12.0 Å². The fourth-order valence-corrected chi connectivity index (χ4v) is 2.52. The van der Waals surface area contributed by atoms with Crippen molar-refractivity contribution in [2.75, 3.05) is 5.32 Å². The number of carboxylic acids is 1. The fourth-order valence-electron chi connectivity index (χ4n) is 1.73. The van der Waals surface area contributed by atoms with E-state index in [4.69, 9.17) is 5.11 Å². The molecule has 0 fully saturated rings. The van der Waals surface area contributed by atoms with E-state index in [2.05, 4.69) is 5.32 Å². The van der Waals surface area contributed by atoms with Crippen molar-refractivity contribution in [3.8, 4) is 0 Å². The zero-order valence-corrected chi connectivity index (χ0v) is 11.2. The Bertz CT molecular complexity index is 619. The SMILES string of the molecule is Cc1ccccc1CC(=O)Nc1sccc1C(=O)O. The molecule has 4 nitrogen and oxygen atoms in total. The normalized spacial score (nSPS) is 10.2. The van der Waals surface area contributed by atoms with Gasteiger partial charge >= 0.3 is 5.97 Å². The lowest BCUT2D eigenvalue weighted by Crippen LogP contribution is -2.15. The van der Waals surface area contributed by atoms with E-state index in [1.54, 1.807) is 5.38 Å². The van der Waals surface area contributed by atoms with Gasteiger partial charge in [0.2, 0.25) is 5.91 Å². The largest absolute Gasteiger partial charge is 0.478 e. The van der Waals surface area contributed by atoms with E-state index >= 15 is 0 Å². The number of carbonyl (C=O) groups is 2. The average Bonchev–Trinajstić information content (AvgIpc) is 2.80. The number of rotatable bonds is 4. The van der Waals surface area contributed by atoms with Gasteiger partial charge in [-0.1, -0.05) is 24.3 Å². The maximum atomic E-state index is 11.9. The van der Waals surface area contributed by atoms with Gasteiger partial charge in [-0.2, -0.15) is 0 Å². The second-order valence-corrected chi connectivity index (χ2v) is 5.04. The summed E-state index contributed by atoms with van der Waals surface area (Å²) in [5, 5.41) is 13.6. The average molecular weight is 275 g/mol. The highest BCUT2D eigenvalue weighted by atomic mass is 32.1. The number of benzene rings is 1. The number of carboxylic acid groups (broad SMARTS) is 1. The minimum atomic E-state index is -1.03. The van der Waals surface area contributed by atoms with Crippen molar-refractivity contribution in [3.63, 3.8) is 0 Å². The van der Waals surface area contributed by atoms with E-state index in [-0.39, 0.29) is 17.9 Å². The van der Waals surface area contributed by atoms with Crippen LogP contribution in [-0.4, -0.2) is 17.0 Å². The van der Waals surface area contributed by atoms with E-state index in [0.717, 1.165) is 11.1 Å². The number of aryl methyl sites for hydroxylation is 1. The Balaban J connectivity index is 2.08. The number of hydrogen-bond acceptors (Lipinski definition) is 3. The van der Waals surface area contributed by atoms with E-state index in [0.29, 0.717) is 5.00 Å². The van der Waals surface area contributed by atoms with Gasteiger partial charge in [-0.15, -0.1) is 11.3 Å². The van der Waals surface area contributed by atoms with Crippen LogP contribution in [0.5, 0.6) is 0 Å². The van der Waals surface area contributed by atoms with Crippen LogP contribution in [-0.2, 0) is 11.2 Å². The van der Waals surface area contributed by atoms with Crippen molar-refractivity contribution >= 4 is 28.2 Å². The second kappa shape index (κ2) is 5.67. The quantitative estimate of drug-likeness (QED) is 0.901. The Kier molecular flexibility index (Phi) is 3.97. The maximum absolute atomic E-state index is 11.9. The van der Waals surface area contributed by atoms with Crippen LogP contribution < -0.4 is 5.32 Å². The highest BCUT2D eigenvalue weighted by Crippen LogP contribution is 2.23. The molecular formula is C14H13NO3S. The van der Waals surface area contributed by atoms with Gasteiger partial charge in [0.25, 0.3) is 0 Å². The van der Waals surface area contributed by atoms with Gasteiger partial charge in [0.15, 0.2) is 0 Å². The molecule has 5 heteroatoms. The molecule has 2 rings (SSSR count). The minimum absolute atomic E-state index is 0.128. The molecule has 0 atom stereocenters. The topological polar surface area (TPSA) is 66.4 Å². The number of thiophene rings is 1. The van der Waals surface area contributed by atoms with Gasteiger partial charge in [-0.3, -0.25) is 4.79 Å². The Labute approximate surface area is 114 Å². The van der Waals surface area contributed by atoms with Crippen molar-refractivity contribution in [1.29, 1.82) is 0 Å². The van der Waals surface area contributed by atoms with E-state index in [1.165, 1.54) is 17.4 Å². The van der Waals surface area contributed by atoms with E-state index < -0.39 is 5.97 Å². The van der Waals surface area contributed by atoms with E-state index in [1.807, 2.05) is 31.2 Å². The Morgan fingerprint density at radius 3 is 2.68 bits per heavy atom. The third-order valence-electron chi connectivity index (χ3n) is 2.76. The third-order valence-corrected chi connectivity index (χ3v) is 3.59. The number of carbonyl (C=O) groups excluding carboxylic acids is 1. The highest BCUT2D eigenvalue weighted by Gasteiger charge is 2.14. The monoisotopic (exact) mass is 275 g/mol. The molecule has 98 valence electrons. The zero-order valence-electron chi connectivity index (χ0n) is 10.3. The maximum Gasteiger partial charge on any atom is 0.338 e. The first kappa shape index (κ1) is 13.3. The summed E-state index contributed by atoms with van der Waals surface area (Å²) in [5.74, 6) is -1.24. The first-order chi connectivity index (χ1) is 9.08. The smallest absolute Gasteiger partial charge is 0.338 e. The number of hydrogen-bond donors (Lipinski definition) is 2. The van der Waals surface area contributed by atoms with Crippen molar-refractivity contribution in [2.24, 2.45) is 0 Å². The summed E-state index contributed by atoms with van der Waals surface area (Å²) in [6.07, 6.45) is 0.240. The molecule has 19 heavy (non-hydrogen) atoms. The molecule has 1 aromatic heterocycles. The lowest BCUT2D eigenvalue weighted by Gasteiger charge is -2.06. The standard InChI is InChI=1S/C14H13NO3S/c1-9-4-2-3-5-10(9)8-12(16)15-13-11(14(17)18)6-7-19-13/h2-7H,8H2,1H3,(H,15,16)(H,17,18).